The van der Waals surface area contributed by atoms with Crippen LogP contribution >= 0.6 is 0 Å². The first-order valence-corrected chi connectivity index (χ1v) is 10.3. The molecule has 1 spiro atoms. The molecule has 148 valence electrons. The van der Waals surface area contributed by atoms with E-state index >= 15 is 0 Å². The van der Waals surface area contributed by atoms with Gasteiger partial charge in [-0.25, -0.2) is 0 Å². The summed E-state index contributed by atoms with van der Waals surface area (Å²) in [5.74, 6) is 0.603. The van der Waals surface area contributed by atoms with Crippen LogP contribution in [0.3, 0.4) is 0 Å². The van der Waals surface area contributed by atoms with E-state index in [0.29, 0.717) is 37.5 Å². The second kappa shape index (κ2) is 6.22. The van der Waals surface area contributed by atoms with Gasteiger partial charge in [-0.15, -0.1) is 0 Å². The van der Waals surface area contributed by atoms with Gasteiger partial charge >= 0.3 is 0 Å². The van der Waals surface area contributed by atoms with Gasteiger partial charge in [0.05, 0.1) is 5.56 Å². The average Bonchev–Trinajstić information content (AvgIpc) is 3.38. The molecule has 1 aromatic carbocycles. The molecule has 4 aliphatic rings. The SMILES string of the molecule is CC(C(=O)N1C[C@H]2CC[C@]3(NC(=O)c4ccccc4N3)[C@H]2C1)N1CCCC1=O. The zero-order valence-corrected chi connectivity index (χ0v) is 16.1. The second-order valence-electron chi connectivity index (χ2n) is 8.61. The van der Waals surface area contributed by atoms with E-state index in [0.717, 1.165) is 24.9 Å². The van der Waals surface area contributed by atoms with Crippen LogP contribution in [-0.4, -0.2) is 58.9 Å². The van der Waals surface area contributed by atoms with Crippen LogP contribution in [0.25, 0.3) is 0 Å². The Hall–Kier alpha value is -2.57. The van der Waals surface area contributed by atoms with Crippen molar-refractivity contribution in [3.63, 3.8) is 0 Å². The highest BCUT2D eigenvalue weighted by Gasteiger charge is 2.56. The lowest BCUT2D eigenvalue weighted by molar-refractivity contribution is -0.142. The normalized spacial score (nSPS) is 32.2. The number of nitrogens with zero attached hydrogens (tertiary/aromatic N) is 2. The molecule has 0 aromatic heterocycles. The fourth-order valence-electron chi connectivity index (χ4n) is 5.62. The molecule has 2 saturated heterocycles. The number of nitrogens with one attached hydrogen (secondary N) is 2. The van der Waals surface area contributed by atoms with E-state index in [-0.39, 0.29) is 23.6 Å². The molecule has 5 rings (SSSR count). The monoisotopic (exact) mass is 382 g/mol. The van der Waals surface area contributed by atoms with Gasteiger partial charge in [0.25, 0.3) is 5.91 Å². The number of carbonyl (C=O) groups is 3. The minimum absolute atomic E-state index is 0.0299. The van der Waals surface area contributed by atoms with Crippen molar-refractivity contribution in [2.45, 2.75) is 44.3 Å². The van der Waals surface area contributed by atoms with Crippen molar-refractivity contribution < 1.29 is 14.4 Å². The Balaban J connectivity index is 1.35. The van der Waals surface area contributed by atoms with Gasteiger partial charge in [-0.1, -0.05) is 12.1 Å². The zero-order chi connectivity index (χ0) is 19.5. The van der Waals surface area contributed by atoms with Crippen LogP contribution in [0, 0.1) is 11.8 Å². The lowest BCUT2D eigenvalue weighted by Gasteiger charge is -2.42. The minimum Gasteiger partial charge on any atom is -0.362 e. The molecule has 4 atom stereocenters. The highest BCUT2D eigenvalue weighted by atomic mass is 16.2. The molecule has 3 amide bonds. The van der Waals surface area contributed by atoms with Crippen LogP contribution in [-0.2, 0) is 9.59 Å². The summed E-state index contributed by atoms with van der Waals surface area (Å²) in [6, 6.07) is 7.17. The fourth-order valence-corrected chi connectivity index (χ4v) is 5.62. The first-order valence-electron chi connectivity index (χ1n) is 10.3. The van der Waals surface area contributed by atoms with E-state index in [1.165, 1.54) is 0 Å². The van der Waals surface area contributed by atoms with E-state index in [1.807, 2.05) is 36.1 Å². The molecule has 3 heterocycles. The summed E-state index contributed by atoms with van der Waals surface area (Å²) in [5, 5.41) is 6.81. The highest BCUT2D eigenvalue weighted by molar-refractivity contribution is 6.02. The maximum atomic E-state index is 13.1. The van der Waals surface area contributed by atoms with E-state index in [2.05, 4.69) is 10.6 Å². The van der Waals surface area contributed by atoms with Gasteiger partial charge in [0.1, 0.15) is 11.7 Å². The van der Waals surface area contributed by atoms with E-state index in [4.69, 9.17) is 0 Å². The zero-order valence-electron chi connectivity index (χ0n) is 16.1. The number of fused-ring (bicyclic) bond motifs is 3. The molecule has 1 aliphatic carbocycles. The molecule has 1 unspecified atom stereocenters. The number of anilines is 1. The smallest absolute Gasteiger partial charge is 0.255 e. The van der Waals surface area contributed by atoms with Gasteiger partial charge in [0.15, 0.2) is 0 Å². The lowest BCUT2D eigenvalue weighted by Crippen LogP contribution is -2.61. The predicted octanol–water partition coefficient (Wildman–Crippen LogP) is 1.42. The lowest BCUT2D eigenvalue weighted by atomic mass is 9.89. The molecule has 28 heavy (non-hydrogen) atoms. The Labute approximate surface area is 164 Å². The van der Waals surface area contributed by atoms with Crippen LogP contribution in [0.15, 0.2) is 24.3 Å². The van der Waals surface area contributed by atoms with Crippen molar-refractivity contribution >= 4 is 23.4 Å². The summed E-state index contributed by atoms with van der Waals surface area (Å²) in [7, 11) is 0. The Morgan fingerprint density at radius 1 is 1.21 bits per heavy atom. The Morgan fingerprint density at radius 3 is 2.82 bits per heavy atom. The summed E-state index contributed by atoms with van der Waals surface area (Å²) in [5.41, 5.74) is 1.05. The third-order valence-corrected chi connectivity index (χ3v) is 7.10. The number of benzene rings is 1. The van der Waals surface area contributed by atoms with Gasteiger partial charge in [0, 0.05) is 37.7 Å². The number of carbonyl (C=O) groups excluding carboxylic acids is 3. The number of amides is 3. The molecule has 7 nitrogen and oxygen atoms in total. The molecule has 1 aromatic rings. The van der Waals surface area contributed by atoms with Crippen molar-refractivity contribution in [3.8, 4) is 0 Å². The molecular formula is C21H26N4O3. The van der Waals surface area contributed by atoms with Crippen molar-refractivity contribution in [1.82, 2.24) is 15.1 Å². The first kappa shape index (κ1) is 17.5. The van der Waals surface area contributed by atoms with E-state index in [1.54, 1.807) is 4.90 Å². The largest absolute Gasteiger partial charge is 0.362 e. The molecule has 7 heteroatoms. The molecule has 0 radical (unpaired) electrons. The summed E-state index contributed by atoms with van der Waals surface area (Å²) >= 11 is 0. The Bertz CT molecular complexity index is 856. The third-order valence-electron chi connectivity index (χ3n) is 7.10. The first-order chi connectivity index (χ1) is 13.5. The van der Waals surface area contributed by atoms with E-state index in [9.17, 15) is 14.4 Å². The summed E-state index contributed by atoms with van der Waals surface area (Å²) in [6.45, 7) is 3.83. The van der Waals surface area contributed by atoms with Crippen molar-refractivity contribution in [2.24, 2.45) is 11.8 Å². The van der Waals surface area contributed by atoms with Crippen molar-refractivity contribution in [1.29, 1.82) is 0 Å². The molecular weight excluding hydrogens is 356 g/mol. The second-order valence-corrected chi connectivity index (χ2v) is 8.61. The van der Waals surface area contributed by atoms with Gasteiger partial charge in [-0.05, 0) is 44.2 Å². The maximum absolute atomic E-state index is 13.1. The summed E-state index contributed by atoms with van der Waals surface area (Å²) in [6.07, 6.45) is 3.22. The molecule has 1 saturated carbocycles. The fraction of sp³-hybridized carbons (Fsp3) is 0.571. The van der Waals surface area contributed by atoms with Gasteiger partial charge < -0.3 is 20.4 Å². The Morgan fingerprint density at radius 2 is 2.04 bits per heavy atom. The van der Waals surface area contributed by atoms with Gasteiger partial charge in [0.2, 0.25) is 11.8 Å². The topological polar surface area (TPSA) is 81.8 Å². The maximum Gasteiger partial charge on any atom is 0.255 e. The third kappa shape index (κ3) is 2.52. The molecule has 2 N–H and O–H groups in total. The van der Waals surface area contributed by atoms with Crippen LogP contribution in [0.1, 0.15) is 43.0 Å². The number of para-hydroxylation sites is 1. The number of rotatable bonds is 2. The van der Waals surface area contributed by atoms with Gasteiger partial charge in [-0.2, -0.15) is 0 Å². The minimum atomic E-state index is -0.488. The Kier molecular flexibility index (Phi) is 3.89. The van der Waals surface area contributed by atoms with Crippen LogP contribution in [0.4, 0.5) is 5.69 Å². The highest BCUT2D eigenvalue weighted by Crippen LogP contribution is 2.47. The van der Waals surface area contributed by atoms with Crippen LogP contribution in [0.2, 0.25) is 0 Å². The quantitative estimate of drug-likeness (QED) is 0.811. The number of hydrogen-bond donors (Lipinski definition) is 2. The summed E-state index contributed by atoms with van der Waals surface area (Å²) in [4.78, 5) is 41.4. The van der Waals surface area contributed by atoms with Crippen molar-refractivity contribution in [3.05, 3.63) is 29.8 Å². The average molecular weight is 382 g/mol. The predicted molar refractivity (Wildman–Crippen MR) is 103 cm³/mol. The number of likely N-dealkylation sites (tertiary alicyclic amines) is 2. The molecule has 3 fully saturated rings. The molecule has 3 aliphatic heterocycles. The summed E-state index contributed by atoms with van der Waals surface area (Å²) < 4.78 is 0. The van der Waals surface area contributed by atoms with Crippen molar-refractivity contribution in [2.75, 3.05) is 25.0 Å². The van der Waals surface area contributed by atoms with Crippen LogP contribution in [0.5, 0.6) is 0 Å². The standard InChI is InChI=1S/C21H26N4O3/c1-13(25-10-4-7-18(25)26)20(28)24-11-14-8-9-21(16(14)12-24)22-17-6-3-2-5-15(17)19(27)23-21/h2-3,5-6,13-14,16,22H,4,7-12H2,1H3,(H,23,27)/t13?,14-,16+,21+/m1/s1. The number of hydrogen-bond acceptors (Lipinski definition) is 4. The van der Waals surface area contributed by atoms with Crippen LogP contribution < -0.4 is 10.6 Å². The van der Waals surface area contributed by atoms with Gasteiger partial charge in [-0.3, -0.25) is 14.4 Å². The van der Waals surface area contributed by atoms with E-state index < -0.39 is 11.7 Å². The molecule has 0 bridgehead atoms.